The first-order valence-electron chi connectivity index (χ1n) is 9.54. The molecule has 0 aromatic heterocycles. The van der Waals surface area contributed by atoms with Crippen LogP contribution in [0.4, 0.5) is 0 Å². The van der Waals surface area contributed by atoms with Gasteiger partial charge in [-0.2, -0.15) is 0 Å². The zero-order chi connectivity index (χ0) is 18.2. The van der Waals surface area contributed by atoms with Gasteiger partial charge in [0.25, 0.3) is 0 Å². The van der Waals surface area contributed by atoms with Crippen LogP contribution in [0.25, 0.3) is 0 Å². The number of amides is 1. The minimum absolute atomic E-state index is 0. The lowest BCUT2D eigenvalue weighted by Gasteiger charge is -2.21. The van der Waals surface area contributed by atoms with Gasteiger partial charge >= 0.3 is 0 Å². The summed E-state index contributed by atoms with van der Waals surface area (Å²) < 4.78 is 5.53. The Morgan fingerprint density at radius 3 is 2.48 bits per heavy atom. The smallest absolute Gasteiger partial charge is 0.220 e. The van der Waals surface area contributed by atoms with Gasteiger partial charge in [0.2, 0.25) is 5.91 Å². The van der Waals surface area contributed by atoms with E-state index >= 15 is 0 Å². The van der Waals surface area contributed by atoms with Crippen molar-refractivity contribution in [2.24, 2.45) is 5.92 Å². The van der Waals surface area contributed by atoms with Crippen molar-refractivity contribution in [3.63, 3.8) is 0 Å². The second-order valence-electron chi connectivity index (χ2n) is 6.81. The summed E-state index contributed by atoms with van der Waals surface area (Å²) in [7, 11) is 0. The van der Waals surface area contributed by atoms with E-state index in [9.17, 15) is 4.79 Å². The average molecular weight is 389 g/mol. The molecule has 1 heterocycles. The van der Waals surface area contributed by atoms with Gasteiger partial charge in [0.15, 0.2) is 0 Å². The topological polar surface area (TPSA) is 50.4 Å². The number of halogens is 1. The predicted molar refractivity (Wildman–Crippen MR) is 111 cm³/mol. The summed E-state index contributed by atoms with van der Waals surface area (Å²) in [4.78, 5) is 12.6. The van der Waals surface area contributed by atoms with E-state index < -0.39 is 0 Å². The van der Waals surface area contributed by atoms with Crippen LogP contribution in [-0.4, -0.2) is 25.6 Å². The molecule has 2 unspecified atom stereocenters. The van der Waals surface area contributed by atoms with Crippen LogP contribution in [0, 0.1) is 5.92 Å². The average Bonchev–Trinajstić information content (AvgIpc) is 3.20. The van der Waals surface area contributed by atoms with Crippen molar-refractivity contribution >= 4 is 18.3 Å². The Hall–Kier alpha value is -2.04. The summed E-state index contributed by atoms with van der Waals surface area (Å²) in [6.45, 7) is 4.73. The van der Waals surface area contributed by atoms with E-state index in [0.717, 1.165) is 36.4 Å². The third-order valence-corrected chi connectivity index (χ3v) is 4.90. The van der Waals surface area contributed by atoms with Crippen LogP contribution in [0.2, 0.25) is 0 Å². The van der Waals surface area contributed by atoms with E-state index in [2.05, 4.69) is 22.8 Å². The van der Waals surface area contributed by atoms with Crippen LogP contribution in [0.5, 0.6) is 5.75 Å². The van der Waals surface area contributed by atoms with Crippen molar-refractivity contribution < 1.29 is 9.53 Å². The Labute approximate surface area is 168 Å². The van der Waals surface area contributed by atoms with Crippen molar-refractivity contribution in [2.75, 3.05) is 19.7 Å². The maximum absolute atomic E-state index is 12.6. The van der Waals surface area contributed by atoms with Gasteiger partial charge in [0.1, 0.15) is 5.75 Å². The largest absolute Gasteiger partial charge is 0.494 e. The zero-order valence-electron chi connectivity index (χ0n) is 15.8. The molecule has 5 heteroatoms. The Bertz CT molecular complexity index is 685. The van der Waals surface area contributed by atoms with Crippen LogP contribution in [-0.2, 0) is 4.79 Å². The molecule has 0 bridgehead atoms. The number of benzene rings is 2. The van der Waals surface area contributed by atoms with E-state index in [-0.39, 0.29) is 24.4 Å². The van der Waals surface area contributed by atoms with Gasteiger partial charge in [-0.25, -0.2) is 0 Å². The maximum atomic E-state index is 12.6. The zero-order valence-corrected chi connectivity index (χ0v) is 16.6. The van der Waals surface area contributed by atoms with Gasteiger partial charge in [-0.15, -0.1) is 12.4 Å². The first-order chi connectivity index (χ1) is 12.8. The summed E-state index contributed by atoms with van der Waals surface area (Å²) in [5, 5.41) is 6.59. The first-order valence-corrected chi connectivity index (χ1v) is 9.54. The van der Waals surface area contributed by atoms with Gasteiger partial charge < -0.3 is 15.4 Å². The number of hydrogen-bond acceptors (Lipinski definition) is 3. The number of carbonyl (C=O) groups is 1. The molecule has 1 aliphatic heterocycles. The van der Waals surface area contributed by atoms with E-state index in [1.807, 2.05) is 49.4 Å². The molecule has 2 N–H and O–H groups in total. The Morgan fingerprint density at radius 1 is 1.15 bits per heavy atom. The second-order valence-corrected chi connectivity index (χ2v) is 6.81. The van der Waals surface area contributed by atoms with E-state index in [4.69, 9.17) is 4.74 Å². The van der Waals surface area contributed by atoms with Gasteiger partial charge in [-0.1, -0.05) is 42.5 Å². The van der Waals surface area contributed by atoms with Crippen molar-refractivity contribution in [1.82, 2.24) is 10.6 Å². The molecule has 3 rings (SSSR count). The summed E-state index contributed by atoms with van der Waals surface area (Å²) in [5.41, 5.74) is 2.16. The minimum atomic E-state index is -0.138. The van der Waals surface area contributed by atoms with Crippen molar-refractivity contribution in [3.8, 4) is 5.75 Å². The van der Waals surface area contributed by atoms with Crippen LogP contribution < -0.4 is 15.4 Å². The number of nitrogens with one attached hydrogen (secondary N) is 2. The molecular weight excluding hydrogens is 360 g/mol. The molecule has 2 atom stereocenters. The van der Waals surface area contributed by atoms with E-state index in [1.165, 1.54) is 6.42 Å². The first kappa shape index (κ1) is 21.3. The molecule has 27 heavy (non-hydrogen) atoms. The van der Waals surface area contributed by atoms with Crippen molar-refractivity contribution in [3.05, 3.63) is 65.7 Å². The highest BCUT2D eigenvalue weighted by molar-refractivity contribution is 5.85. The summed E-state index contributed by atoms with van der Waals surface area (Å²) >= 11 is 0. The van der Waals surface area contributed by atoms with Crippen LogP contribution in [0.1, 0.15) is 43.4 Å². The third-order valence-electron chi connectivity index (χ3n) is 4.90. The SMILES string of the molecule is CCOc1ccc(C(NC(=O)CCC2CCNC2)c2ccccc2)cc1.Cl. The minimum Gasteiger partial charge on any atom is -0.494 e. The fraction of sp³-hybridized carbons (Fsp3) is 0.409. The standard InChI is InChI=1S/C22H28N2O2.ClH/c1-2-26-20-11-9-19(10-12-20)22(18-6-4-3-5-7-18)24-21(25)13-8-17-14-15-23-16-17;/h3-7,9-12,17,22-23H,2,8,13-16H2,1H3,(H,24,25);1H. The van der Waals surface area contributed by atoms with Crippen LogP contribution >= 0.6 is 12.4 Å². The number of rotatable bonds is 8. The molecule has 0 radical (unpaired) electrons. The molecule has 2 aromatic rings. The number of carbonyl (C=O) groups excluding carboxylic acids is 1. The molecule has 1 amide bonds. The molecule has 1 saturated heterocycles. The molecule has 2 aromatic carbocycles. The van der Waals surface area contributed by atoms with Gasteiger partial charge in [0.05, 0.1) is 12.6 Å². The molecule has 0 saturated carbocycles. The Morgan fingerprint density at radius 2 is 1.85 bits per heavy atom. The van der Waals surface area contributed by atoms with Crippen LogP contribution in [0.15, 0.2) is 54.6 Å². The van der Waals surface area contributed by atoms with Crippen molar-refractivity contribution in [2.45, 2.75) is 32.2 Å². The lowest BCUT2D eigenvalue weighted by atomic mass is 9.97. The lowest BCUT2D eigenvalue weighted by molar-refractivity contribution is -0.121. The Kier molecular flexibility index (Phi) is 8.62. The van der Waals surface area contributed by atoms with E-state index in [0.29, 0.717) is 18.9 Å². The van der Waals surface area contributed by atoms with Gasteiger partial charge in [-0.3, -0.25) is 4.79 Å². The molecule has 1 aliphatic rings. The normalized spacial score (nSPS) is 17.0. The molecule has 1 fully saturated rings. The van der Waals surface area contributed by atoms with E-state index in [1.54, 1.807) is 0 Å². The highest BCUT2D eigenvalue weighted by atomic mass is 35.5. The predicted octanol–water partition coefficient (Wildman–Crippen LogP) is 4.10. The van der Waals surface area contributed by atoms with Gasteiger partial charge in [-0.05, 0) is 62.0 Å². The fourth-order valence-corrected chi connectivity index (χ4v) is 3.46. The van der Waals surface area contributed by atoms with Crippen molar-refractivity contribution in [1.29, 1.82) is 0 Å². The monoisotopic (exact) mass is 388 g/mol. The molecule has 4 nitrogen and oxygen atoms in total. The third kappa shape index (κ3) is 6.26. The quantitative estimate of drug-likeness (QED) is 0.715. The highest BCUT2D eigenvalue weighted by Crippen LogP contribution is 2.25. The maximum Gasteiger partial charge on any atom is 0.220 e. The fourth-order valence-electron chi connectivity index (χ4n) is 3.46. The number of hydrogen-bond donors (Lipinski definition) is 2. The number of ether oxygens (including phenoxy) is 1. The lowest BCUT2D eigenvalue weighted by Crippen LogP contribution is -2.29. The highest BCUT2D eigenvalue weighted by Gasteiger charge is 2.19. The summed E-state index contributed by atoms with van der Waals surface area (Å²) in [6.07, 6.45) is 2.70. The summed E-state index contributed by atoms with van der Waals surface area (Å²) in [6, 6.07) is 18.0. The molecule has 146 valence electrons. The second kappa shape index (κ2) is 11.0. The Balaban J connectivity index is 0.00000261. The summed E-state index contributed by atoms with van der Waals surface area (Å²) in [5.74, 6) is 1.59. The van der Waals surface area contributed by atoms with Gasteiger partial charge in [0, 0.05) is 6.42 Å². The van der Waals surface area contributed by atoms with Crippen LogP contribution in [0.3, 0.4) is 0 Å². The molecule has 0 aliphatic carbocycles. The molecule has 0 spiro atoms. The molecular formula is C22H29ClN2O2.